The van der Waals surface area contributed by atoms with E-state index in [0.717, 1.165) is 27.3 Å². The zero-order valence-corrected chi connectivity index (χ0v) is 13.6. The summed E-state index contributed by atoms with van der Waals surface area (Å²) in [5.74, 6) is 0.743. The second-order valence-corrected chi connectivity index (χ2v) is 6.53. The van der Waals surface area contributed by atoms with Gasteiger partial charge in [-0.2, -0.15) is 0 Å². The molecule has 1 aromatic carbocycles. The van der Waals surface area contributed by atoms with E-state index in [-0.39, 0.29) is 6.04 Å². The topological polar surface area (TPSA) is 50.7 Å². The molecule has 2 aromatic heterocycles. The molecule has 1 atom stereocenters. The molecule has 3 rings (SSSR count). The highest BCUT2D eigenvalue weighted by atomic mass is 35.5. The largest absolute Gasteiger partial charge is 0.361 e. The number of nitrogens with zero attached hydrogens (tertiary/aromatic N) is 3. The number of anilines is 1. The number of thiazole rings is 1. The van der Waals surface area contributed by atoms with Crippen molar-refractivity contribution >= 4 is 39.5 Å². The lowest BCUT2D eigenvalue weighted by molar-refractivity contribution is 0.870. The van der Waals surface area contributed by atoms with Gasteiger partial charge in [-0.3, -0.25) is 0 Å². The molecule has 6 heteroatoms. The van der Waals surface area contributed by atoms with Crippen LogP contribution in [-0.4, -0.2) is 15.2 Å². The zero-order chi connectivity index (χ0) is 15.0. The van der Waals surface area contributed by atoms with E-state index in [1.54, 1.807) is 11.3 Å². The van der Waals surface area contributed by atoms with Crippen LogP contribution < -0.4 is 5.32 Å². The molecule has 0 saturated carbocycles. The van der Waals surface area contributed by atoms with Gasteiger partial charge in [-0.1, -0.05) is 35.9 Å². The van der Waals surface area contributed by atoms with Crippen LogP contribution in [-0.2, 0) is 0 Å². The maximum Gasteiger partial charge on any atom is 0.159 e. The lowest BCUT2D eigenvalue weighted by atomic mass is 10.1. The first kappa shape index (κ1) is 14.2. The molecule has 0 aliphatic carbocycles. The monoisotopic (exact) mass is 318 g/mol. The van der Waals surface area contributed by atoms with E-state index in [0.29, 0.717) is 5.15 Å². The number of benzene rings is 1. The number of halogens is 1. The Morgan fingerprint density at radius 3 is 2.52 bits per heavy atom. The van der Waals surface area contributed by atoms with Gasteiger partial charge in [0.05, 0.1) is 16.7 Å². The second-order valence-electron chi connectivity index (χ2n) is 4.93. The van der Waals surface area contributed by atoms with Crippen molar-refractivity contribution < 1.29 is 0 Å². The highest BCUT2D eigenvalue weighted by Crippen LogP contribution is 2.31. The molecule has 0 saturated heterocycles. The van der Waals surface area contributed by atoms with Crippen molar-refractivity contribution in [2.45, 2.75) is 26.8 Å². The third kappa shape index (κ3) is 2.71. The summed E-state index contributed by atoms with van der Waals surface area (Å²) < 4.78 is 0. The fourth-order valence-corrected chi connectivity index (χ4v) is 3.53. The smallest absolute Gasteiger partial charge is 0.159 e. The lowest BCUT2D eigenvalue weighted by Gasteiger charge is -2.15. The van der Waals surface area contributed by atoms with Crippen molar-refractivity contribution in [2.75, 3.05) is 5.32 Å². The van der Waals surface area contributed by atoms with Gasteiger partial charge in [-0.15, -0.1) is 21.5 Å². The molecule has 0 radical (unpaired) electrons. The molecule has 0 bridgehead atoms. The Labute approximate surface area is 132 Å². The van der Waals surface area contributed by atoms with Crippen LogP contribution in [0.3, 0.4) is 0 Å². The van der Waals surface area contributed by atoms with E-state index in [4.69, 9.17) is 11.6 Å². The Morgan fingerprint density at radius 2 is 1.86 bits per heavy atom. The van der Waals surface area contributed by atoms with E-state index in [1.807, 2.05) is 38.1 Å². The normalized spacial score (nSPS) is 12.6. The molecule has 0 spiro atoms. The summed E-state index contributed by atoms with van der Waals surface area (Å²) in [6.45, 7) is 6.15. The minimum atomic E-state index is 0.120. The average molecular weight is 319 g/mol. The van der Waals surface area contributed by atoms with Crippen LogP contribution in [0.2, 0.25) is 5.15 Å². The first-order chi connectivity index (χ1) is 10.1. The van der Waals surface area contributed by atoms with Gasteiger partial charge in [0.15, 0.2) is 11.0 Å². The molecule has 3 aromatic rings. The number of hydrogen-bond donors (Lipinski definition) is 1. The minimum absolute atomic E-state index is 0.120. The van der Waals surface area contributed by atoms with Crippen LogP contribution in [0.1, 0.15) is 28.5 Å². The van der Waals surface area contributed by atoms with E-state index in [2.05, 4.69) is 27.4 Å². The van der Waals surface area contributed by atoms with E-state index in [1.165, 1.54) is 4.88 Å². The first-order valence-corrected chi connectivity index (χ1v) is 7.87. The van der Waals surface area contributed by atoms with Gasteiger partial charge in [-0.25, -0.2) is 4.98 Å². The van der Waals surface area contributed by atoms with Crippen LogP contribution in [0, 0.1) is 13.8 Å². The van der Waals surface area contributed by atoms with Crippen molar-refractivity contribution in [1.82, 2.24) is 15.2 Å². The summed E-state index contributed by atoms with van der Waals surface area (Å²) in [4.78, 5) is 5.69. The van der Waals surface area contributed by atoms with Gasteiger partial charge in [-0.05, 0) is 20.8 Å². The van der Waals surface area contributed by atoms with Crippen LogP contribution >= 0.6 is 22.9 Å². The fraction of sp³-hybridized carbons (Fsp3) is 0.267. The molecule has 2 heterocycles. The van der Waals surface area contributed by atoms with E-state index in [9.17, 15) is 0 Å². The van der Waals surface area contributed by atoms with Crippen molar-refractivity contribution in [3.8, 4) is 0 Å². The molecule has 21 heavy (non-hydrogen) atoms. The highest BCUT2D eigenvalue weighted by molar-refractivity contribution is 7.11. The van der Waals surface area contributed by atoms with Crippen molar-refractivity contribution in [1.29, 1.82) is 0 Å². The third-order valence-corrected chi connectivity index (χ3v) is 4.86. The number of aromatic nitrogens is 3. The van der Waals surface area contributed by atoms with E-state index < -0.39 is 0 Å². The molecule has 1 N–H and O–H groups in total. The molecule has 1 unspecified atom stereocenters. The molecular weight excluding hydrogens is 304 g/mol. The predicted molar refractivity (Wildman–Crippen MR) is 88.2 cm³/mol. The maximum absolute atomic E-state index is 6.10. The Balaban J connectivity index is 1.99. The minimum Gasteiger partial charge on any atom is -0.361 e. The molecular formula is C15H15ClN4S. The van der Waals surface area contributed by atoms with Gasteiger partial charge in [0.25, 0.3) is 0 Å². The van der Waals surface area contributed by atoms with Gasteiger partial charge in [0.2, 0.25) is 0 Å². The average Bonchev–Trinajstić information content (AvgIpc) is 2.81. The quantitative estimate of drug-likeness (QED) is 0.771. The summed E-state index contributed by atoms with van der Waals surface area (Å²) in [5.41, 5.74) is 1.06. The second kappa shape index (κ2) is 5.58. The standard InChI is InChI=1S/C15H15ClN4S/c1-8-13(21-10(3)17-8)9(2)18-15-12-7-5-4-6-11(12)14(16)19-20-15/h4-7,9H,1-3H3,(H,18,20). The van der Waals surface area contributed by atoms with Crippen LogP contribution in [0.4, 0.5) is 5.82 Å². The maximum atomic E-state index is 6.10. The highest BCUT2D eigenvalue weighted by Gasteiger charge is 2.15. The Bertz CT molecular complexity index is 799. The molecule has 0 amide bonds. The number of hydrogen-bond acceptors (Lipinski definition) is 5. The third-order valence-electron chi connectivity index (χ3n) is 3.33. The summed E-state index contributed by atoms with van der Waals surface area (Å²) in [6, 6.07) is 7.98. The van der Waals surface area contributed by atoms with E-state index >= 15 is 0 Å². The molecule has 108 valence electrons. The predicted octanol–water partition coefficient (Wildman–Crippen LogP) is 4.53. The molecule has 4 nitrogen and oxygen atoms in total. The fourth-order valence-electron chi connectivity index (χ4n) is 2.40. The number of nitrogens with one attached hydrogen (secondary N) is 1. The molecule has 0 fully saturated rings. The summed E-state index contributed by atoms with van der Waals surface area (Å²) in [6.07, 6.45) is 0. The van der Waals surface area contributed by atoms with Crippen LogP contribution in [0.25, 0.3) is 10.8 Å². The summed E-state index contributed by atoms with van der Waals surface area (Å²) in [5, 5.41) is 15.0. The van der Waals surface area contributed by atoms with Crippen molar-refractivity contribution in [3.63, 3.8) is 0 Å². The first-order valence-electron chi connectivity index (χ1n) is 6.67. The van der Waals surface area contributed by atoms with Crippen molar-refractivity contribution in [3.05, 3.63) is 45.0 Å². The van der Waals surface area contributed by atoms with Crippen LogP contribution in [0.15, 0.2) is 24.3 Å². The number of aryl methyl sites for hydroxylation is 2. The molecule has 0 aliphatic rings. The molecule has 0 aliphatic heterocycles. The van der Waals surface area contributed by atoms with Gasteiger partial charge < -0.3 is 5.32 Å². The number of fused-ring (bicyclic) bond motifs is 1. The summed E-state index contributed by atoms with van der Waals surface area (Å²) >= 11 is 7.80. The Morgan fingerprint density at radius 1 is 1.14 bits per heavy atom. The van der Waals surface area contributed by atoms with Gasteiger partial charge >= 0.3 is 0 Å². The van der Waals surface area contributed by atoms with Crippen molar-refractivity contribution in [2.24, 2.45) is 0 Å². The lowest BCUT2D eigenvalue weighted by Crippen LogP contribution is -2.09. The SMILES string of the molecule is Cc1nc(C)c(C(C)Nc2nnc(Cl)c3ccccc23)s1. The number of rotatable bonds is 3. The van der Waals surface area contributed by atoms with Crippen LogP contribution in [0.5, 0.6) is 0 Å². The van der Waals surface area contributed by atoms with Gasteiger partial charge in [0.1, 0.15) is 0 Å². The zero-order valence-electron chi connectivity index (χ0n) is 12.0. The Kier molecular flexibility index (Phi) is 3.78. The summed E-state index contributed by atoms with van der Waals surface area (Å²) in [7, 11) is 0. The van der Waals surface area contributed by atoms with Gasteiger partial charge in [0, 0.05) is 15.6 Å². The Hall–Kier alpha value is -1.72.